The molecule has 2 rings (SSSR count). The highest BCUT2D eigenvalue weighted by atomic mass is 79.9. The fraction of sp³-hybridized carbons (Fsp3) is 0.235. The second-order valence-corrected chi connectivity index (χ2v) is 9.79. The van der Waals surface area contributed by atoms with Gasteiger partial charge in [0.2, 0.25) is 0 Å². The van der Waals surface area contributed by atoms with Crippen molar-refractivity contribution in [2.24, 2.45) is 0 Å². The van der Waals surface area contributed by atoms with Gasteiger partial charge in [-0.2, -0.15) is 0 Å². The number of hydrogen-bond acceptors (Lipinski definition) is 3. The minimum absolute atomic E-state index is 0.0529. The largest absolute Gasteiger partial charge is 0.268 e. The minimum Gasteiger partial charge on any atom is -0.268 e. The number of hydrogen-bond donors (Lipinski definition) is 1. The Morgan fingerprint density at radius 2 is 1.58 bits per heavy atom. The van der Waals surface area contributed by atoms with Gasteiger partial charge in [-0.3, -0.25) is 4.79 Å². The molecular weight excluding hydrogens is 458 g/mol. The lowest BCUT2D eigenvalue weighted by molar-refractivity contribution is 0.0980. The molecule has 128 valence electrons. The highest BCUT2D eigenvalue weighted by molar-refractivity contribution is 9.11. The van der Waals surface area contributed by atoms with Crippen molar-refractivity contribution in [3.05, 3.63) is 62.5 Å². The van der Waals surface area contributed by atoms with E-state index in [4.69, 9.17) is 0 Å². The fourth-order valence-electron chi connectivity index (χ4n) is 2.04. The molecule has 2 aromatic carbocycles. The summed E-state index contributed by atoms with van der Waals surface area (Å²) in [6.45, 7) is 6.13. The third-order valence-electron chi connectivity index (χ3n) is 3.43. The topological polar surface area (TPSA) is 63.2 Å². The van der Waals surface area contributed by atoms with Crippen LogP contribution in [0.25, 0.3) is 0 Å². The van der Waals surface area contributed by atoms with Gasteiger partial charge in [-0.25, -0.2) is 13.1 Å². The van der Waals surface area contributed by atoms with Crippen LogP contribution in [0.5, 0.6) is 0 Å². The van der Waals surface area contributed by atoms with Crippen LogP contribution in [0.4, 0.5) is 0 Å². The van der Waals surface area contributed by atoms with Crippen molar-refractivity contribution in [1.82, 2.24) is 4.72 Å². The molecular formula is C17H17Br2NO3S. The van der Waals surface area contributed by atoms with Gasteiger partial charge >= 0.3 is 0 Å². The highest BCUT2D eigenvalue weighted by Gasteiger charge is 2.21. The van der Waals surface area contributed by atoms with Crippen molar-refractivity contribution in [3.63, 3.8) is 0 Å². The predicted molar refractivity (Wildman–Crippen MR) is 102 cm³/mol. The lowest BCUT2D eigenvalue weighted by Crippen LogP contribution is -2.30. The number of carbonyl (C=O) groups excluding carboxylic acids is 1. The van der Waals surface area contributed by atoms with E-state index >= 15 is 0 Å². The molecule has 0 aromatic heterocycles. The Labute approximate surface area is 159 Å². The average Bonchev–Trinajstić information content (AvgIpc) is 2.45. The Hall–Kier alpha value is -1.18. The van der Waals surface area contributed by atoms with Gasteiger partial charge in [-0.15, -0.1) is 0 Å². The maximum absolute atomic E-state index is 12.4. The van der Waals surface area contributed by atoms with Crippen molar-refractivity contribution in [2.75, 3.05) is 0 Å². The number of nitrogens with one attached hydrogen (secondary N) is 1. The smallest absolute Gasteiger partial charge is 0.266 e. The lowest BCUT2D eigenvalue weighted by Gasteiger charge is -2.19. The Balaban J connectivity index is 2.26. The summed E-state index contributed by atoms with van der Waals surface area (Å²) in [5.41, 5.74) is 1.19. The molecule has 0 aliphatic carbocycles. The van der Waals surface area contributed by atoms with Gasteiger partial charge < -0.3 is 0 Å². The number of rotatable bonds is 3. The minimum atomic E-state index is -3.93. The van der Waals surface area contributed by atoms with Crippen LogP contribution in [0, 0.1) is 0 Å². The van der Waals surface area contributed by atoms with E-state index in [1.54, 1.807) is 30.3 Å². The number of amides is 1. The van der Waals surface area contributed by atoms with Crippen molar-refractivity contribution >= 4 is 47.8 Å². The molecule has 0 atom stereocenters. The summed E-state index contributed by atoms with van der Waals surface area (Å²) in [6.07, 6.45) is 0. The molecule has 0 saturated heterocycles. The Kier molecular flexibility index (Phi) is 5.57. The zero-order valence-electron chi connectivity index (χ0n) is 13.4. The predicted octanol–water partition coefficient (Wildman–Crippen LogP) is 4.63. The fourth-order valence-corrected chi connectivity index (χ4v) is 4.24. The van der Waals surface area contributed by atoms with Crippen molar-refractivity contribution in [1.29, 1.82) is 0 Å². The molecule has 0 bridgehead atoms. The molecule has 7 heteroatoms. The van der Waals surface area contributed by atoms with Crippen LogP contribution in [-0.2, 0) is 15.4 Å². The molecule has 1 amide bonds. The molecule has 0 fully saturated rings. The molecule has 0 unspecified atom stereocenters. The van der Waals surface area contributed by atoms with E-state index in [-0.39, 0.29) is 15.9 Å². The van der Waals surface area contributed by atoms with E-state index in [1.807, 2.05) is 20.8 Å². The normalized spacial score (nSPS) is 12.0. The maximum Gasteiger partial charge on any atom is 0.266 e. The maximum atomic E-state index is 12.4. The molecule has 0 aliphatic rings. The van der Waals surface area contributed by atoms with Crippen LogP contribution in [0.3, 0.4) is 0 Å². The number of benzene rings is 2. The van der Waals surface area contributed by atoms with Crippen LogP contribution >= 0.6 is 31.9 Å². The lowest BCUT2D eigenvalue weighted by atomic mass is 9.87. The first-order valence-corrected chi connectivity index (χ1v) is 10.2. The van der Waals surface area contributed by atoms with Crippen molar-refractivity contribution in [2.45, 2.75) is 31.1 Å². The van der Waals surface area contributed by atoms with Crippen LogP contribution in [-0.4, -0.2) is 14.3 Å². The quantitative estimate of drug-likeness (QED) is 0.705. The van der Waals surface area contributed by atoms with Crippen molar-refractivity contribution < 1.29 is 13.2 Å². The van der Waals surface area contributed by atoms with Gasteiger partial charge in [-0.05, 0) is 57.2 Å². The first-order valence-electron chi connectivity index (χ1n) is 7.13. The Morgan fingerprint density at radius 3 is 2.08 bits per heavy atom. The van der Waals surface area contributed by atoms with Crippen LogP contribution in [0.1, 0.15) is 36.7 Å². The summed E-state index contributed by atoms with van der Waals surface area (Å²) >= 11 is 6.54. The van der Waals surface area contributed by atoms with Crippen LogP contribution in [0.15, 0.2) is 56.3 Å². The Bertz CT molecular complexity index is 870. The summed E-state index contributed by atoms with van der Waals surface area (Å²) < 4.78 is 28.2. The van der Waals surface area contributed by atoms with Gasteiger partial charge in [0.05, 0.1) is 10.5 Å². The van der Waals surface area contributed by atoms with E-state index in [1.165, 1.54) is 12.1 Å². The average molecular weight is 475 g/mol. The van der Waals surface area contributed by atoms with E-state index in [9.17, 15) is 13.2 Å². The molecule has 1 N–H and O–H groups in total. The Morgan fingerprint density at radius 1 is 1.00 bits per heavy atom. The molecule has 0 aliphatic heterocycles. The van der Waals surface area contributed by atoms with E-state index in [2.05, 4.69) is 36.6 Å². The van der Waals surface area contributed by atoms with E-state index in [0.29, 0.717) is 4.47 Å². The molecule has 2 aromatic rings. The van der Waals surface area contributed by atoms with Crippen LogP contribution in [0.2, 0.25) is 0 Å². The van der Waals surface area contributed by atoms with Gasteiger partial charge in [0.25, 0.3) is 15.9 Å². The van der Waals surface area contributed by atoms with Gasteiger partial charge in [0.15, 0.2) is 0 Å². The molecule has 0 saturated carbocycles. The van der Waals surface area contributed by atoms with Crippen LogP contribution < -0.4 is 4.72 Å². The highest BCUT2D eigenvalue weighted by Crippen LogP contribution is 2.24. The second kappa shape index (κ2) is 6.98. The van der Waals surface area contributed by atoms with Gasteiger partial charge in [0, 0.05) is 8.95 Å². The number of halogens is 2. The second-order valence-electron chi connectivity index (χ2n) is 6.33. The zero-order chi connectivity index (χ0) is 18.1. The number of sulfonamides is 1. The molecule has 0 heterocycles. The summed E-state index contributed by atoms with van der Waals surface area (Å²) in [5.74, 6) is -0.686. The first-order chi connectivity index (χ1) is 11.0. The molecule has 24 heavy (non-hydrogen) atoms. The third-order valence-corrected chi connectivity index (χ3v) is 5.93. The summed E-state index contributed by atoms with van der Waals surface area (Å²) in [7, 11) is -3.93. The van der Waals surface area contributed by atoms with Gasteiger partial charge in [0.1, 0.15) is 0 Å². The zero-order valence-corrected chi connectivity index (χ0v) is 17.4. The summed E-state index contributed by atoms with van der Waals surface area (Å²) in [6, 6.07) is 11.4. The van der Waals surface area contributed by atoms with E-state index in [0.717, 1.165) is 10.0 Å². The standard InChI is InChI=1S/C17H17Br2NO3S/c1-17(2,3)11-4-7-13(8-5-11)24(22,23)20-16(21)14-9-6-12(18)10-15(14)19/h4-10H,1-3H3,(H,20,21). The molecule has 4 nitrogen and oxygen atoms in total. The van der Waals surface area contributed by atoms with Gasteiger partial charge in [-0.1, -0.05) is 48.8 Å². The number of carbonyl (C=O) groups is 1. The summed E-state index contributed by atoms with van der Waals surface area (Å²) in [4.78, 5) is 12.3. The van der Waals surface area contributed by atoms with Crippen molar-refractivity contribution in [3.8, 4) is 0 Å². The third kappa shape index (κ3) is 4.46. The first kappa shape index (κ1) is 19.1. The summed E-state index contributed by atoms with van der Waals surface area (Å²) in [5, 5.41) is 0. The monoisotopic (exact) mass is 473 g/mol. The molecule has 0 radical (unpaired) electrons. The SMILES string of the molecule is CC(C)(C)c1ccc(S(=O)(=O)NC(=O)c2ccc(Br)cc2Br)cc1. The molecule has 0 spiro atoms. The van der Waals surface area contributed by atoms with E-state index < -0.39 is 15.9 Å².